The number of imide groups is 2. The predicted molar refractivity (Wildman–Crippen MR) is 67.5 cm³/mol. The Hall–Kier alpha value is -2.17. The molecule has 0 bridgehead atoms. The first-order valence-electron chi connectivity index (χ1n) is 5.57. The van der Waals surface area contributed by atoms with Crippen molar-refractivity contribution in [3.63, 3.8) is 0 Å². The number of allylic oxidation sites excluding steroid dienone is 1. The molecular formula is C13H16N2O3. The van der Waals surface area contributed by atoms with Gasteiger partial charge in [0.25, 0.3) is 0 Å². The van der Waals surface area contributed by atoms with E-state index < -0.39 is 23.8 Å². The standard InChI is InChI=1S/C13H16N2O3/c1-4-7-10-11(16)14(8-5-2)13(18)15(9-6-3)12(10)17/h4-6,10H,1-3,7-9H2. The SMILES string of the molecule is C=CCC1C(=O)N(CC=C)C(=O)N(CC=C)C1=O. The first kappa shape index (κ1) is 13.9. The predicted octanol–water partition coefficient (Wildman–Crippen LogP) is 1.34. The Morgan fingerprint density at radius 3 is 1.67 bits per heavy atom. The number of nitrogens with zero attached hydrogens (tertiary/aromatic N) is 2. The molecule has 5 heteroatoms. The number of carbonyl (C=O) groups excluding carboxylic acids is 3. The van der Waals surface area contributed by atoms with Crippen LogP contribution in [-0.2, 0) is 9.59 Å². The van der Waals surface area contributed by atoms with Crippen LogP contribution in [0, 0.1) is 5.92 Å². The first-order valence-corrected chi connectivity index (χ1v) is 5.57. The molecule has 0 spiro atoms. The zero-order valence-electron chi connectivity index (χ0n) is 10.2. The van der Waals surface area contributed by atoms with Crippen molar-refractivity contribution in [2.24, 2.45) is 5.92 Å². The van der Waals surface area contributed by atoms with Crippen molar-refractivity contribution in [1.82, 2.24) is 9.80 Å². The van der Waals surface area contributed by atoms with Gasteiger partial charge < -0.3 is 0 Å². The van der Waals surface area contributed by atoms with Gasteiger partial charge >= 0.3 is 6.03 Å². The number of rotatable bonds is 6. The summed E-state index contributed by atoms with van der Waals surface area (Å²) in [5.41, 5.74) is 0. The van der Waals surface area contributed by atoms with Gasteiger partial charge in [-0.25, -0.2) is 4.79 Å². The Bertz CT molecular complexity index is 335. The average molecular weight is 248 g/mol. The molecule has 96 valence electrons. The van der Waals surface area contributed by atoms with E-state index in [0.717, 1.165) is 9.80 Å². The van der Waals surface area contributed by atoms with E-state index in [0.29, 0.717) is 0 Å². The van der Waals surface area contributed by atoms with Crippen LogP contribution in [0.15, 0.2) is 38.0 Å². The van der Waals surface area contributed by atoms with Crippen LogP contribution in [0.5, 0.6) is 0 Å². The minimum atomic E-state index is -0.875. The highest BCUT2D eigenvalue weighted by atomic mass is 16.2. The molecule has 0 saturated carbocycles. The van der Waals surface area contributed by atoms with Gasteiger partial charge in [-0.15, -0.1) is 19.7 Å². The van der Waals surface area contributed by atoms with Crippen LogP contribution < -0.4 is 0 Å². The minimum absolute atomic E-state index is 0.0895. The van der Waals surface area contributed by atoms with Gasteiger partial charge in [0.05, 0.1) is 0 Å². The fourth-order valence-electron chi connectivity index (χ4n) is 1.78. The molecule has 0 aromatic rings. The van der Waals surface area contributed by atoms with Crippen LogP contribution in [0.25, 0.3) is 0 Å². The summed E-state index contributed by atoms with van der Waals surface area (Å²) < 4.78 is 0. The van der Waals surface area contributed by atoms with Gasteiger partial charge in [0, 0.05) is 13.1 Å². The lowest BCUT2D eigenvalue weighted by Crippen LogP contribution is -2.59. The number of urea groups is 1. The number of hydrogen-bond acceptors (Lipinski definition) is 3. The number of hydrogen-bond donors (Lipinski definition) is 0. The summed E-state index contributed by atoms with van der Waals surface area (Å²) in [6.45, 7) is 10.7. The second kappa shape index (κ2) is 5.95. The van der Waals surface area contributed by atoms with Gasteiger partial charge in [-0.1, -0.05) is 18.2 Å². The zero-order chi connectivity index (χ0) is 13.7. The molecule has 0 unspecified atom stereocenters. The molecule has 0 aromatic heterocycles. The maximum atomic E-state index is 12.0. The van der Waals surface area contributed by atoms with Crippen molar-refractivity contribution in [2.45, 2.75) is 6.42 Å². The topological polar surface area (TPSA) is 57.7 Å². The molecule has 0 atom stereocenters. The van der Waals surface area contributed by atoms with Crippen LogP contribution in [-0.4, -0.2) is 40.7 Å². The number of barbiturate groups is 1. The highest BCUT2D eigenvalue weighted by Gasteiger charge is 2.43. The molecule has 1 aliphatic heterocycles. The smallest absolute Gasteiger partial charge is 0.273 e. The molecule has 1 saturated heterocycles. The third kappa shape index (κ3) is 2.40. The van der Waals surface area contributed by atoms with E-state index in [9.17, 15) is 14.4 Å². The molecular weight excluding hydrogens is 232 g/mol. The molecule has 1 rings (SSSR count). The summed E-state index contributed by atoms with van der Waals surface area (Å²) in [5.74, 6) is -1.87. The molecule has 18 heavy (non-hydrogen) atoms. The molecule has 0 N–H and O–H groups in total. The Kier molecular flexibility index (Phi) is 4.59. The van der Waals surface area contributed by atoms with Gasteiger partial charge in [-0.2, -0.15) is 0 Å². The normalized spacial score (nSPS) is 17.0. The van der Waals surface area contributed by atoms with Crippen LogP contribution in [0.4, 0.5) is 4.79 Å². The van der Waals surface area contributed by atoms with Crippen molar-refractivity contribution < 1.29 is 14.4 Å². The summed E-state index contributed by atoms with van der Waals surface area (Å²) in [5, 5.41) is 0. The Balaban J connectivity index is 3.08. The van der Waals surface area contributed by atoms with Crippen molar-refractivity contribution in [1.29, 1.82) is 0 Å². The maximum absolute atomic E-state index is 12.0. The largest absolute Gasteiger partial charge is 0.334 e. The van der Waals surface area contributed by atoms with Crippen LogP contribution in [0.3, 0.4) is 0 Å². The minimum Gasteiger partial charge on any atom is -0.273 e. The zero-order valence-corrected chi connectivity index (χ0v) is 10.2. The second-order valence-electron chi connectivity index (χ2n) is 3.83. The average Bonchev–Trinajstić information content (AvgIpc) is 2.35. The summed E-state index contributed by atoms with van der Waals surface area (Å²) in [4.78, 5) is 38.0. The van der Waals surface area contributed by atoms with Crippen molar-refractivity contribution in [3.8, 4) is 0 Å². The lowest BCUT2D eigenvalue weighted by atomic mass is 9.99. The summed E-state index contributed by atoms with van der Waals surface area (Å²) in [6, 6.07) is -0.620. The van der Waals surface area contributed by atoms with E-state index in [-0.39, 0.29) is 19.5 Å². The molecule has 4 amide bonds. The number of amides is 4. The lowest BCUT2D eigenvalue weighted by Gasteiger charge is -2.35. The maximum Gasteiger partial charge on any atom is 0.334 e. The van der Waals surface area contributed by atoms with Gasteiger partial charge in [0.1, 0.15) is 5.92 Å². The molecule has 1 aliphatic rings. The van der Waals surface area contributed by atoms with E-state index in [4.69, 9.17) is 0 Å². The van der Waals surface area contributed by atoms with E-state index in [1.807, 2.05) is 0 Å². The summed E-state index contributed by atoms with van der Waals surface area (Å²) in [7, 11) is 0. The first-order chi connectivity index (χ1) is 8.58. The summed E-state index contributed by atoms with van der Waals surface area (Å²) in [6.07, 6.45) is 4.60. The Labute approximate surface area is 106 Å². The van der Waals surface area contributed by atoms with Crippen molar-refractivity contribution in [3.05, 3.63) is 38.0 Å². The van der Waals surface area contributed by atoms with Gasteiger partial charge in [0.2, 0.25) is 11.8 Å². The van der Waals surface area contributed by atoms with E-state index in [1.54, 1.807) is 0 Å². The van der Waals surface area contributed by atoms with Crippen LogP contribution in [0.2, 0.25) is 0 Å². The quantitative estimate of drug-likeness (QED) is 0.526. The van der Waals surface area contributed by atoms with E-state index in [1.165, 1.54) is 18.2 Å². The fraction of sp³-hybridized carbons (Fsp3) is 0.308. The van der Waals surface area contributed by atoms with E-state index >= 15 is 0 Å². The molecule has 0 aromatic carbocycles. The van der Waals surface area contributed by atoms with Gasteiger partial charge in [-0.3, -0.25) is 19.4 Å². The lowest BCUT2D eigenvalue weighted by molar-refractivity contribution is -0.148. The van der Waals surface area contributed by atoms with Gasteiger partial charge in [0.15, 0.2) is 0 Å². The van der Waals surface area contributed by atoms with Crippen LogP contribution in [0.1, 0.15) is 6.42 Å². The van der Waals surface area contributed by atoms with E-state index in [2.05, 4.69) is 19.7 Å². The van der Waals surface area contributed by atoms with Crippen LogP contribution >= 0.6 is 0 Å². The van der Waals surface area contributed by atoms with Crippen molar-refractivity contribution >= 4 is 17.8 Å². The Morgan fingerprint density at radius 1 is 0.889 bits per heavy atom. The monoisotopic (exact) mass is 248 g/mol. The highest BCUT2D eigenvalue weighted by molar-refractivity contribution is 6.16. The molecule has 0 aliphatic carbocycles. The molecule has 1 heterocycles. The second-order valence-corrected chi connectivity index (χ2v) is 3.83. The third-order valence-corrected chi connectivity index (χ3v) is 2.62. The third-order valence-electron chi connectivity index (χ3n) is 2.62. The fourth-order valence-corrected chi connectivity index (χ4v) is 1.78. The summed E-state index contributed by atoms with van der Waals surface area (Å²) >= 11 is 0. The highest BCUT2D eigenvalue weighted by Crippen LogP contribution is 2.20. The molecule has 0 radical (unpaired) electrons. The number of carbonyl (C=O) groups is 3. The van der Waals surface area contributed by atoms with Gasteiger partial charge in [-0.05, 0) is 6.42 Å². The Morgan fingerprint density at radius 2 is 1.33 bits per heavy atom. The van der Waals surface area contributed by atoms with Crippen molar-refractivity contribution in [2.75, 3.05) is 13.1 Å². The molecule has 1 fully saturated rings. The molecule has 5 nitrogen and oxygen atoms in total.